The van der Waals surface area contributed by atoms with Crippen molar-refractivity contribution in [3.8, 4) is 0 Å². The van der Waals surface area contributed by atoms with Crippen LogP contribution in [-0.2, 0) is 4.79 Å². The van der Waals surface area contributed by atoms with Crippen molar-refractivity contribution in [3.05, 3.63) is 18.0 Å². The van der Waals surface area contributed by atoms with E-state index in [0.29, 0.717) is 12.6 Å². The highest BCUT2D eigenvalue weighted by molar-refractivity contribution is 5.78. The molecule has 1 aliphatic heterocycles. The van der Waals surface area contributed by atoms with E-state index in [9.17, 15) is 4.79 Å². The van der Waals surface area contributed by atoms with Gasteiger partial charge in [-0.2, -0.15) is 5.10 Å². The van der Waals surface area contributed by atoms with E-state index in [1.54, 1.807) is 12.4 Å². The van der Waals surface area contributed by atoms with E-state index in [-0.39, 0.29) is 11.9 Å². The largest absolute Gasteiger partial charge is 0.348 e. The summed E-state index contributed by atoms with van der Waals surface area (Å²) in [5, 5.41) is 9.59. The second kappa shape index (κ2) is 5.97. The van der Waals surface area contributed by atoms with Crippen molar-refractivity contribution in [1.82, 2.24) is 20.4 Å². The Morgan fingerprint density at radius 2 is 2.39 bits per heavy atom. The van der Waals surface area contributed by atoms with Crippen molar-refractivity contribution in [2.45, 2.75) is 31.8 Å². The number of amides is 1. The summed E-state index contributed by atoms with van der Waals surface area (Å²) in [5.74, 6) is 0.0548. The molecule has 100 valence electrons. The number of aromatic nitrogens is 2. The average molecular weight is 251 g/mol. The minimum Gasteiger partial charge on any atom is -0.348 e. The minimum atomic E-state index is -0.0108. The van der Waals surface area contributed by atoms with Crippen LogP contribution in [0.5, 0.6) is 0 Å². The van der Waals surface area contributed by atoms with Crippen LogP contribution in [0, 0.1) is 0 Å². The fourth-order valence-electron chi connectivity index (χ4n) is 2.18. The summed E-state index contributed by atoms with van der Waals surface area (Å²) >= 11 is 0. The van der Waals surface area contributed by atoms with Crippen LogP contribution in [-0.4, -0.2) is 46.7 Å². The molecule has 2 rings (SSSR count). The van der Waals surface area contributed by atoms with Crippen molar-refractivity contribution in [2.75, 3.05) is 19.6 Å². The van der Waals surface area contributed by atoms with E-state index >= 15 is 0 Å². The van der Waals surface area contributed by atoms with Crippen LogP contribution >= 0.6 is 0 Å². The smallest absolute Gasteiger partial charge is 0.234 e. The van der Waals surface area contributed by atoms with Gasteiger partial charge in [0.1, 0.15) is 0 Å². The summed E-state index contributed by atoms with van der Waals surface area (Å²) < 4.78 is 0. The van der Waals surface area contributed by atoms with Gasteiger partial charge in [-0.25, -0.2) is 0 Å². The zero-order chi connectivity index (χ0) is 13.0. The Hall–Kier alpha value is -1.40. The maximum Gasteiger partial charge on any atom is 0.234 e. The second-order valence-electron chi connectivity index (χ2n) is 4.93. The molecule has 2 heterocycles. The van der Waals surface area contributed by atoms with Gasteiger partial charge in [-0.3, -0.25) is 14.8 Å². The lowest BCUT2D eigenvalue weighted by molar-refractivity contribution is -0.123. The lowest BCUT2D eigenvalue weighted by Crippen LogP contribution is -2.44. The van der Waals surface area contributed by atoms with E-state index in [1.165, 1.54) is 0 Å². The topological polar surface area (TPSA) is 87.0 Å². The molecule has 1 unspecified atom stereocenters. The number of nitrogens with two attached hydrogens (primary N) is 1. The monoisotopic (exact) mass is 251 g/mol. The number of rotatable bonds is 4. The van der Waals surface area contributed by atoms with E-state index < -0.39 is 0 Å². The number of piperidine rings is 1. The molecule has 1 aliphatic rings. The first-order valence-corrected chi connectivity index (χ1v) is 6.41. The molecule has 0 saturated carbocycles. The Morgan fingerprint density at radius 1 is 1.67 bits per heavy atom. The third-order valence-corrected chi connectivity index (χ3v) is 3.40. The number of hydrogen-bond acceptors (Lipinski definition) is 4. The summed E-state index contributed by atoms with van der Waals surface area (Å²) in [7, 11) is 0. The molecule has 0 bridgehead atoms. The molecule has 1 amide bonds. The number of H-pyrrole nitrogens is 1. The number of aromatic amines is 1. The lowest BCUT2D eigenvalue weighted by atomic mass is 10.1. The normalized spacial score (nSPS) is 19.7. The van der Waals surface area contributed by atoms with Crippen LogP contribution in [0.2, 0.25) is 0 Å². The summed E-state index contributed by atoms with van der Waals surface area (Å²) in [5.41, 5.74) is 6.82. The highest BCUT2D eigenvalue weighted by Crippen LogP contribution is 2.10. The Labute approximate surface area is 107 Å². The first-order valence-electron chi connectivity index (χ1n) is 6.41. The molecule has 4 N–H and O–H groups in total. The summed E-state index contributed by atoms with van der Waals surface area (Å²) in [6, 6.07) is 0.289. The predicted molar refractivity (Wildman–Crippen MR) is 68.8 cm³/mol. The first-order chi connectivity index (χ1) is 8.65. The maximum absolute atomic E-state index is 11.9. The quantitative estimate of drug-likeness (QED) is 0.703. The second-order valence-corrected chi connectivity index (χ2v) is 4.93. The van der Waals surface area contributed by atoms with Crippen LogP contribution < -0.4 is 11.1 Å². The van der Waals surface area contributed by atoms with Crippen LogP contribution in [0.3, 0.4) is 0 Å². The van der Waals surface area contributed by atoms with E-state index in [2.05, 4.69) is 20.4 Å². The van der Waals surface area contributed by atoms with Crippen molar-refractivity contribution < 1.29 is 4.79 Å². The van der Waals surface area contributed by atoms with Crippen LogP contribution in [0.1, 0.15) is 31.4 Å². The zero-order valence-electron chi connectivity index (χ0n) is 10.7. The Bertz CT molecular complexity index is 370. The van der Waals surface area contributed by atoms with E-state index in [0.717, 1.165) is 31.5 Å². The first kappa shape index (κ1) is 13.0. The van der Waals surface area contributed by atoms with Gasteiger partial charge in [-0.15, -0.1) is 0 Å². The Morgan fingerprint density at radius 3 is 3.00 bits per heavy atom. The number of likely N-dealkylation sites (tertiary alicyclic amines) is 1. The van der Waals surface area contributed by atoms with Gasteiger partial charge in [0.05, 0.1) is 18.8 Å². The molecule has 0 aromatic carbocycles. The van der Waals surface area contributed by atoms with Crippen molar-refractivity contribution in [1.29, 1.82) is 0 Å². The molecule has 6 heteroatoms. The van der Waals surface area contributed by atoms with Crippen molar-refractivity contribution in [2.24, 2.45) is 5.73 Å². The number of carbonyl (C=O) groups is 1. The van der Waals surface area contributed by atoms with Gasteiger partial charge in [0.2, 0.25) is 5.91 Å². The predicted octanol–water partition coefficient (Wildman–Crippen LogP) is 0.0100. The lowest BCUT2D eigenvalue weighted by Gasteiger charge is -2.29. The van der Waals surface area contributed by atoms with Crippen LogP contribution in [0.25, 0.3) is 0 Å². The molecule has 1 fully saturated rings. The molecule has 6 nitrogen and oxygen atoms in total. The minimum absolute atomic E-state index is 0.0108. The summed E-state index contributed by atoms with van der Waals surface area (Å²) in [6.45, 7) is 4.23. The van der Waals surface area contributed by atoms with Gasteiger partial charge in [0.25, 0.3) is 0 Å². The molecule has 1 aromatic heterocycles. The Balaban J connectivity index is 1.75. The van der Waals surface area contributed by atoms with Crippen molar-refractivity contribution >= 4 is 5.91 Å². The van der Waals surface area contributed by atoms with Gasteiger partial charge in [-0.05, 0) is 19.8 Å². The zero-order valence-corrected chi connectivity index (χ0v) is 10.7. The SMILES string of the molecule is CC(NC(=O)CN1CCC(N)CC1)c1cn[nH]c1. The molecule has 1 aromatic rings. The summed E-state index contributed by atoms with van der Waals surface area (Å²) in [4.78, 5) is 14.0. The van der Waals surface area contributed by atoms with Crippen LogP contribution in [0.15, 0.2) is 12.4 Å². The van der Waals surface area contributed by atoms with Crippen LogP contribution in [0.4, 0.5) is 0 Å². The average Bonchev–Trinajstić information content (AvgIpc) is 2.85. The standard InChI is InChI=1S/C12H21N5O/c1-9(10-6-14-15-7-10)16-12(18)8-17-4-2-11(13)3-5-17/h6-7,9,11H,2-5,8,13H2,1H3,(H,14,15)(H,16,18). The van der Waals surface area contributed by atoms with Gasteiger partial charge in [-0.1, -0.05) is 0 Å². The number of carbonyl (C=O) groups excluding carboxylic acids is 1. The molecular weight excluding hydrogens is 230 g/mol. The number of nitrogens with zero attached hydrogens (tertiary/aromatic N) is 2. The van der Waals surface area contributed by atoms with Gasteiger partial charge >= 0.3 is 0 Å². The van der Waals surface area contributed by atoms with Gasteiger partial charge < -0.3 is 11.1 Å². The number of nitrogens with one attached hydrogen (secondary N) is 2. The molecule has 1 saturated heterocycles. The maximum atomic E-state index is 11.9. The Kier molecular flexibility index (Phi) is 4.33. The third kappa shape index (κ3) is 3.54. The highest BCUT2D eigenvalue weighted by Gasteiger charge is 2.19. The van der Waals surface area contributed by atoms with E-state index in [1.807, 2.05) is 6.92 Å². The highest BCUT2D eigenvalue weighted by atomic mass is 16.2. The summed E-state index contributed by atoms with van der Waals surface area (Å²) in [6.07, 6.45) is 5.48. The molecule has 0 spiro atoms. The molecule has 0 radical (unpaired) electrons. The van der Waals surface area contributed by atoms with Crippen molar-refractivity contribution in [3.63, 3.8) is 0 Å². The molecule has 0 aliphatic carbocycles. The third-order valence-electron chi connectivity index (χ3n) is 3.40. The van der Waals surface area contributed by atoms with Gasteiger partial charge in [0.15, 0.2) is 0 Å². The fraction of sp³-hybridized carbons (Fsp3) is 0.667. The molecule has 1 atom stereocenters. The molecule has 18 heavy (non-hydrogen) atoms. The number of hydrogen-bond donors (Lipinski definition) is 3. The van der Waals surface area contributed by atoms with Gasteiger partial charge in [0, 0.05) is 30.9 Å². The molecular formula is C12H21N5O. The fourth-order valence-corrected chi connectivity index (χ4v) is 2.18. The van der Waals surface area contributed by atoms with E-state index in [4.69, 9.17) is 5.73 Å².